The van der Waals surface area contributed by atoms with E-state index in [4.69, 9.17) is 15.6 Å². The third-order valence-corrected chi connectivity index (χ3v) is 10.2. The maximum Gasteiger partial charge on any atom is 0.356 e. The molecule has 334 valence electrons. The molecule has 2 aliphatic heterocycles. The van der Waals surface area contributed by atoms with Crippen molar-refractivity contribution in [3.63, 3.8) is 0 Å². The number of hydrogen-bond donors (Lipinski definition) is 4. The fourth-order valence-corrected chi connectivity index (χ4v) is 6.75. The Bertz CT molecular complexity index is 2900. The molecular weight excluding hydrogens is 843 g/mol. The first-order valence-electron chi connectivity index (χ1n) is 20.5. The zero-order chi connectivity index (χ0) is 47.4. The topological polar surface area (TPSA) is 248 Å². The quantitative estimate of drug-likeness (QED) is 0.133. The van der Waals surface area contributed by atoms with Gasteiger partial charge in [0, 0.05) is 105 Å². The van der Waals surface area contributed by atoms with Gasteiger partial charge in [-0.05, 0) is 67.6 Å². The van der Waals surface area contributed by atoms with Gasteiger partial charge in [-0.1, -0.05) is 47.9 Å². The number of likely N-dealkylation sites (N-methyl/N-ethyl adjacent to an activating group) is 2. The number of ether oxygens (including phenoxy) is 1. The number of amides is 3. The Morgan fingerprint density at radius 1 is 0.652 bits per heavy atom. The van der Waals surface area contributed by atoms with Crippen LogP contribution >= 0.6 is 0 Å². The Morgan fingerprint density at radius 3 is 1.47 bits per heavy atom. The van der Waals surface area contributed by atoms with Gasteiger partial charge in [0.15, 0.2) is 11.6 Å². The summed E-state index contributed by atoms with van der Waals surface area (Å²) in [5.41, 5.74) is 7.17. The number of aliphatic hydroxyl groups is 3. The Hall–Kier alpha value is -8.22. The second-order valence-corrected chi connectivity index (χ2v) is 14.8. The van der Waals surface area contributed by atoms with E-state index in [1.807, 2.05) is 12.1 Å². The van der Waals surface area contributed by atoms with Gasteiger partial charge in [0.05, 0.1) is 18.0 Å². The van der Waals surface area contributed by atoms with Gasteiger partial charge in [-0.25, -0.2) is 34.7 Å². The van der Waals surface area contributed by atoms with Gasteiger partial charge in [-0.2, -0.15) is 0 Å². The maximum atomic E-state index is 12.4. The highest BCUT2D eigenvalue weighted by Crippen LogP contribution is 2.28. The second-order valence-electron chi connectivity index (χ2n) is 14.8. The number of primary amides is 1. The molecule has 0 bridgehead atoms. The van der Waals surface area contributed by atoms with Gasteiger partial charge < -0.3 is 35.6 Å². The molecule has 0 unspecified atom stereocenters. The first-order chi connectivity index (χ1) is 31.7. The number of nitrogens with two attached hydrogens (primary N) is 1. The summed E-state index contributed by atoms with van der Waals surface area (Å²) >= 11 is 0. The van der Waals surface area contributed by atoms with Crippen LogP contribution in [-0.2, 0) is 14.3 Å². The number of carbonyl (C=O) groups excluding carboxylic acids is 4. The third kappa shape index (κ3) is 11.1. The molecule has 17 nitrogen and oxygen atoms in total. The Morgan fingerprint density at radius 2 is 1.08 bits per heavy atom. The van der Waals surface area contributed by atoms with Gasteiger partial charge in [0.2, 0.25) is 11.2 Å². The molecule has 6 aromatic rings. The summed E-state index contributed by atoms with van der Waals surface area (Å²) in [6, 6.07) is 24.4. The van der Waals surface area contributed by atoms with Crippen LogP contribution in [0, 0.1) is 23.7 Å². The number of rotatable bonds is 7. The Balaban J connectivity index is 0.000000211. The van der Waals surface area contributed by atoms with Crippen LogP contribution in [0.2, 0.25) is 0 Å². The molecule has 66 heavy (non-hydrogen) atoms. The van der Waals surface area contributed by atoms with Gasteiger partial charge in [0.25, 0.3) is 17.7 Å². The van der Waals surface area contributed by atoms with Crippen LogP contribution in [-0.4, -0.2) is 131 Å². The number of pyridine rings is 2. The lowest BCUT2D eigenvalue weighted by molar-refractivity contribution is -0.138. The van der Waals surface area contributed by atoms with Crippen LogP contribution in [0.25, 0.3) is 45.3 Å². The van der Waals surface area contributed by atoms with E-state index in [1.165, 1.54) is 9.80 Å². The smallest absolute Gasteiger partial charge is 0.356 e. The summed E-state index contributed by atoms with van der Waals surface area (Å²) in [7, 11) is 4.27. The summed E-state index contributed by atoms with van der Waals surface area (Å²) < 4.78 is 5.13. The van der Waals surface area contributed by atoms with Gasteiger partial charge >= 0.3 is 5.97 Å². The number of esters is 1. The van der Waals surface area contributed by atoms with Crippen molar-refractivity contribution >= 4 is 23.7 Å². The molecule has 6 heterocycles. The van der Waals surface area contributed by atoms with Crippen LogP contribution in [0.1, 0.15) is 51.9 Å². The minimum absolute atomic E-state index is 0.0883. The van der Waals surface area contributed by atoms with Gasteiger partial charge in [-0.15, -0.1) is 0 Å². The van der Waals surface area contributed by atoms with E-state index < -0.39 is 34.9 Å². The van der Waals surface area contributed by atoms with Crippen molar-refractivity contribution in [3.8, 4) is 69.0 Å². The normalized spacial score (nSPS) is 17.2. The highest BCUT2D eigenvalue weighted by molar-refractivity contribution is 5.93. The molecule has 2 aliphatic rings. The third-order valence-electron chi connectivity index (χ3n) is 10.2. The van der Waals surface area contributed by atoms with E-state index in [2.05, 4.69) is 53.6 Å². The minimum atomic E-state index is -1.68. The van der Waals surface area contributed by atoms with Gasteiger partial charge in [0.1, 0.15) is 11.4 Å². The van der Waals surface area contributed by atoms with E-state index in [-0.39, 0.29) is 30.8 Å². The molecule has 17 heteroatoms. The molecule has 2 saturated heterocycles. The van der Waals surface area contributed by atoms with E-state index in [0.717, 1.165) is 7.11 Å². The lowest BCUT2D eigenvalue weighted by Crippen LogP contribution is -2.37. The second kappa shape index (κ2) is 21.0. The van der Waals surface area contributed by atoms with Crippen molar-refractivity contribution < 1.29 is 39.2 Å². The maximum absolute atomic E-state index is 12.4. The van der Waals surface area contributed by atoms with Crippen molar-refractivity contribution in [2.24, 2.45) is 5.73 Å². The van der Waals surface area contributed by atoms with E-state index in [9.17, 15) is 29.4 Å². The van der Waals surface area contributed by atoms with E-state index >= 15 is 0 Å². The lowest BCUT2D eigenvalue weighted by Gasteiger charge is -2.13. The predicted molar refractivity (Wildman–Crippen MR) is 242 cm³/mol. The van der Waals surface area contributed by atoms with Crippen LogP contribution in [0.3, 0.4) is 0 Å². The van der Waals surface area contributed by atoms with Crippen LogP contribution in [0.4, 0.5) is 0 Å². The highest BCUT2D eigenvalue weighted by Gasteiger charge is 2.43. The summed E-state index contributed by atoms with van der Waals surface area (Å²) in [4.78, 5) is 77.2. The van der Waals surface area contributed by atoms with E-state index in [1.54, 1.807) is 119 Å². The molecule has 0 spiro atoms. The first-order valence-corrected chi connectivity index (χ1v) is 20.5. The number of nitrogens with zero attached hydrogens (tertiary/aromatic N) is 8. The fraction of sp³-hybridized carbons (Fsp3) is 0.224. The minimum Gasteiger partial charge on any atom is -0.461 e. The molecule has 3 amide bonds. The Labute approximate surface area is 380 Å². The fourth-order valence-electron chi connectivity index (χ4n) is 6.75. The average molecular weight is 888 g/mol. The Kier molecular flexibility index (Phi) is 15.0. The summed E-state index contributed by atoms with van der Waals surface area (Å²) in [5, 5.41) is 28.0. The van der Waals surface area contributed by atoms with E-state index in [0.29, 0.717) is 69.5 Å². The molecular formula is C49H45N9O8. The molecule has 0 aliphatic carbocycles. The summed E-state index contributed by atoms with van der Waals surface area (Å²) in [6.07, 6.45) is 6.98. The van der Waals surface area contributed by atoms with Crippen LogP contribution < -0.4 is 5.73 Å². The molecule has 8 rings (SSSR count). The zero-order valence-electron chi connectivity index (χ0n) is 36.5. The summed E-state index contributed by atoms with van der Waals surface area (Å²) in [6.45, 7) is 2.87. The SMILES string of the molecule is CCOC(=O)c1cc(-c2ncccn2)cc(-c2cccc(C#C[C@]3(O)CCN(C)C3=O)c2)n1.CN1CC[C@@](O)(C#Cc2cccc(-c3cc(-c4ncccn4)cc(C(N)=O)n3)c2)C1=O.CO. The number of carbonyl (C=O) groups is 4. The number of aliphatic hydroxyl groups excluding tert-OH is 1. The van der Waals surface area contributed by atoms with Crippen LogP contribution in [0.15, 0.2) is 110 Å². The lowest BCUT2D eigenvalue weighted by atomic mass is 10.0. The molecule has 0 radical (unpaired) electrons. The predicted octanol–water partition coefficient (Wildman–Crippen LogP) is 3.18. The molecule has 4 aromatic heterocycles. The number of aromatic nitrogens is 6. The monoisotopic (exact) mass is 887 g/mol. The standard InChI is InChI=1S/C25H22N4O4.C23H19N5O3.CH4O/c1-3-33-23(30)21-16-19(22-26-11-5-12-27-22)15-20(28-21)18-7-4-6-17(14-18)8-9-25(32)10-13-29(2)24(25)31;1-28-11-8-23(31,22(28)30)7-6-15-4-2-5-16(12-15)18-13-17(14-19(27-18)20(24)29)21-25-9-3-10-26-21;1-2/h4-7,11-12,14-16,32H,3,10,13H2,1-2H3;2-5,9-10,12-14,31H,8,11H2,1H3,(H2,24,29);2H,1H3/t25-;23-;/m00./s1. The largest absolute Gasteiger partial charge is 0.461 e. The summed E-state index contributed by atoms with van der Waals surface area (Å²) in [5.74, 6) is 10.1. The number of likely N-dealkylation sites (tertiary alicyclic amines) is 2. The average Bonchev–Trinajstić information content (AvgIpc) is 3.77. The molecule has 2 aromatic carbocycles. The van der Waals surface area contributed by atoms with Crippen LogP contribution in [0.5, 0.6) is 0 Å². The molecule has 0 saturated carbocycles. The first kappa shape index (κ1) is 47.3. The molecule has 2 atom stereocenters. The van der Waals surface area contributed by atoms with Crippen molar-refractivity contribution in [2.75, 3.05) is 40.9 Å². The zero-order valence-corrected chi connectivity index (χ0v) is 36.5. The van der Waals surface area contributed by atoms with Crippen molar-refractivity contribution in [1.29, 1.82) is 0 Å². The van der Waals surface area contributed by atoms with Crippen molar-refractivity contribution in [3.05, 3.63) is 132 Å². The van der Waals surface area contributed by atoms with Gasteiger partial charge in [-0.3, -0.25) is 14.4 Å². The number of hydrogen-bond acceptors (Lipinski definition) is 14. The van der Waals surface area contributed by atoms with Crippen molar-refractivity contribution in [2.45, 2.75) is 31.0 Å². The number of benzene rings is 2. The molecule has 5 N–H and O–H groups in total. The van der Waals surface area contributed by atoms with Crippen molar-refractivity contribution in [1.82, 2.24) is 39.7 Å². The highest BCUT2D eigenvalue weighted by atomic mass is 16.5. The molecule has 2 fully saturated rings.